The number of esters is 1. The van der Waals surface area contributed by atoms with Crippen molar-refractivity contribution in [3.05, 3.63) is 125 Å². The summed E-state index contributed by atoms with van der Waals surface area (Å²) < 4.78 is 30.2. The molecule has 0 saturated carbocycles. The highest BCUT2D eigenvalue weighted by molar-refractivity contribution is 6.74. The maximum absolute atomic E-state index is 15.1. The number of hydrogen-bond donors (Lipinski definition) is 0. The fourth-order valence-electron chi connectivity index (χ4n) is 6.69. The first-order chi connectivity index (χ1) is 24.3. The molecule has 5 rings (SSSR count). The Kier molecular flexibility index (Phi) is 11.7. The van der Waals surface area contributed by atoms with E-state index in [2.05, 4.69) is 33.9 Å². The molecule has 8 nitrogen and oxygen atoms in total. The second-order valence-electron chi connectivity index (χ2n) is 14.6. The maximum atomic E-state index is 15.1. The van der Waals surface area contributed by atoms with Crippen molar-refractivity contribution in [3.8, 4) is 11.5 Å². The largest absolute Gasteiger partial charge is 0.497 e. The minimum absolute atomic E-state index is 0.0435. The topological polar surface area (TPSA) is 83.5 Å². The number of anilines is 1. The van der Waals surface area contributed by atoms with Crippen molar-refractivity contribution in [1.82, 2.24) is 0 Å². The number of methoxy groups -OCH3 is 2. The quantitative estimate of drug-likeness (QED) is 0.0904. The van der Waals surface area contributed by atoms with E-state index in [0.29, 0.717) is 17.9 Å². The molecular weight excluding hydrogens is 659 g/mol. The highest BCUT2D eigenvalue weighted by atomic mass is 28.4. The van der Waals surface area contributed by atoms with Gasteiger partial charge in [-0.15, -0.1) is 0 Å². The summed E-state index contributed by atoms with van der Waals surface area (Å²) in [6.07, 6.45) is 0.263. The van der Waals surface area contributed by atoms with Gasteiger partial charge in [0, 0.05) is 19.3 Å². The molecule has 0 unspecified atom stereocenters. The Morgan fingerprint density at radius 3 is 2.12 bits per heavy atom. The van der Waals surface area contributed by atoms with Gasteiger partial charge >= 0.3 is 5.97 Å². The molecule has 0 bridgehead atoms. The van der Waals surface area contributed by atoms with E-state index in [9.17, 15) is 4.79 Å². The lowest BCUT2D eigenvalue weighted by atomic mass is 9.64. The zero-order chi connectivity index (χ0) is 36.8. The molecule has 0 aliphatic carbocycles. The Bertz CT molecular complexity index is 1800. The van der Waals surface area contributed by atoms with E-state index in [0.717, 1.165) is 33.7 Å². The molecule has 0 aromatic heterocycles. The van der Waals surface area contributed by atoms with Crippen LogP contribution < -0.4 is 14.4 Å². The molecule has 2 atom stereocenters. The molecule has 1 aliphatic heterocycles. The Labute approximate surface area is 303 Å². The predicted molar refractivity (Wildman–Crippen MR) is 203 cm³/mol. The summed E-state index contributed by atoms with van der Waals surface area (Å²) in [7, 11) is 2.55. The van der Waals surface area contributed by atoms with Crippen molar-refractivity contribution in [2.24, 2.45) is 0 Å². The number of likely N-dealkylation sites (N-methyl/N-ethyl adjacent to an activating group) is 1. The van der Waals surface area contributed by atoms with Crippen LogP contribution in [0.4, 0.5) is 5.69 Å². The summed E-state index contributed by atoms with van der Waals surface area (Å²) in [5.41, 5.74) is 3.48. The van der Waals surface area contributed by atoms with Gasteiger partial charge in [-0.1, -0.05) is 87.5 Å². The van der Waals surface area contributed by atoms with Gasteiger partial charge in [0.1, 0.15) is 24.0 Å². The van der Waals surface area contributed by atoms with Crippen molar-refractivity contribution in [2.75, 3.05) is 32.8 Å². The number of carbonyl (C=O) groups excluding carboxylic acids is 2. The first-order valence-electron chi connectivity index (χ1n) is 17.4. The summed E-state index contributed by atoms with van der Waals surface area (Å²) in [4.78, 5) is 31.1. The van der Waals surface area contributed by atoms with E-state index in [1.54, 1.807) is 19.1 Å². The van der Waals surface area contributed by atoms with E-state index in [1.165, 1.54) is 7.11 Å². The van der Waals surface area contributed by atoms with Crippen LogP contribution in [0.25, 0.3) is 0 Å². The van der Waals surface area contributed by atoms with Gasteiger partial charge in [0.25, 0.3) is 0 Å². The van der Waals surface area contributed by atoms with Crippen LogP contribution in [0.15, 0.2) is 97.1 Å². The van der Waals surface area contributed by atoms with Crippen molar-refractivity contribution >= 4 is 25.9 Å². The second-order valence-corrected chi connectivity index (χ2v) is 19.4. The average Bonchev–Trinajstić information content (AvgIpc) is 3.34. The third-order valence-corrected chi connectivity index (χ3v) is 15.0. The average molecular weight is 710 g/mol. The van der Waals surface area contributed by atoms with Crippen LogP contribution in [-0.4, -0.2) is 48.1 Å². The van der Waals surface area contributed by atoms with Crippen LogP contribution >= 0.6 is 0 Å². The van der Waals surface area contributed by atoms with E-state index < -0.39 is 25.6 Å². The lowest BCUT2D eigenvalue weighted by Gasteiger charge is -2.40. The molecule has 51 heavy (non-hydrogen) atoms. The fourth-order valence-corrected chi connectivity index (χ4v) is 7.73. The summed E-state index contributed by atoms with van der Waals surface area (Å²) in [5.74, 6) is -0.325. The molecule has 1 aliphatic rings. The second kappa shape index (κ2) is 15.8. The number of benzene rings is 4. The standard InChI is InChI=1S/C42H51NO7Si/c1-41(2,3)51(7,8)50-26-25-42(37-32(18-14-20-36(37)43(4)40(42)45)28-48-27-30-15-10-9-11-16-30)38(39(44)47-6)35-19-13-12-17-31(35)29-49-34-23-21-33(46-5)22-24-34/h9-24,38H,25-29H2,1-8H3/t38-,42-/m1/s1. The van der Waals surface area contributed by atoms with Gasteiger partial charge < -0.3 is 28.3 Å². The number of nitrogens with zero attached hydrogens (tertiary/aromatic N) is 1. The van der Waals surface area contributed by atoms with Crippen LogP contribution in [0.5, 0.6) is 11.5 Å². The maximum Gasteiger partial charge on any atom is 0.314 e. The van der Waals surface area contributed by atoms with Crippen LogP contribution in [0.1, 0.15) is 60.9 Å². The van der Waals surface area contributed by atoms with Gasteiger partial charge in [0.2, 0.25) is 5.91 Å². The number of fused-ring (bicyclic) bond motifs is 1. The van der Waals surface area contributed by atoms with Gasteiger partial charge in [0.05, 0.1) is 32.8 Å². The fraction of sp³-hybridized carbons (Fsp3) is 0.381. The van der Waals surface area contributed by atoms with E-state index in [1.807, 2.05) is 97.1 Å². The van der Waals surface area contributed by atoms with Crippen molar-refractivity contribution in [3.63, 3.8) is 0 Å². The highest BCUT2D eigenvalue weighted by Crippen LogP contribution is 2.54. The van der Waals surface area contributed by atoms with Crippen molar-refractivity contribution in [2.45, 2.75) is 76.5 Å². The van der Waals surface area contributed by atoms with Crippen LogP contribution in [0, 0.1) is 0 Å². The monoisotopic (exact) mass is 709 g/mol. The number of ether oxygens (including phenoxy) is 4. The number of rotatable bonds is 15. The van der Waals surface area contributed by atoms with Gasteiger partial charge in [0.15, 0.2) is 8.32 Å². The highest BCUT2D eigenvalue weighted by Gasteiger charge is 2.59. The molecule has 0 fully saturated rings. The molecule has 270 valence electrons. The summed E-state index contributed by atoms with van der Waals surface area (Å²) in [5, 5.41) is -0.0435. The Morgan fingerprint density at radius 1 is 0.804 bits per heavy atom. The lowest BCUT2D eigenvalue weighted by Crippen LogP contribution is -2.49. The number of hydrogen-bond acceptors (Lipinski definition) is 7. The van der Waals surface area contributed by atoms with Gasteiger partial charge in [-0.25, -0.2) is 0 Å². The summed E-state index contributed by atoms with van der Waals surface area (Å²) >= 11 is 0. The van der Waals surface area contributed by atoms with Gasteiger partial charge in [-0.05, 0) is 82.7 Å². The minimum Gasteiger partial charge on any atom is -0.497 e. The van der Waals surface area contributed by atoms with E-state index >= 15 is 4.79 Å². The normalized spacial score (nSPS) is 16.5. The molecule has 0 spiro atoms. The lowest BCUT2D eigenvalue weighted by molar-refractivity contribution is -0.147. The molecule has 0 radical (unpaired) electrons. The molecular formula is C42H51NO7Si. The SMILES string of the molecule is COC(=O)[C@@H](c1ccccc1COc1ccc(OC)cc1)[C@]1(CCO[Si](C)(C)C(C)(C)C)C(=O)N(C)c2cccc(COCc3ccccc3)c21. The molecule has 1 amide bonds. The number of amides is 1. The van der Waals surface area contributed by atoms with Gasteiger partial charge in [-0.2, -0.15) is 0 Å². The molecule has 1 heterocycles. The first-order valence-corrected chi connectivity index (χ1v) is 20.3. The predicted octanol–water partition coefficient (Wildman–Crippen LogP) is 8.57. The summed E-state index contributed by atoms with van der Waals surface area (Å²) in [6.45, 7) is 12.1. The third-order valence-electron chi connectivity index (χ3n) is 10.5. The molecule has 4 aromatic rings. The Balaban J connectivity index is 1.63. The van der Waals surface area contributed by atoms with Crippen LogP contribution in [-0.2, 0) is 48.7 Å². The van der Waals surface area contributed by atoms with Crippen LogP contribution in [0.3, 0.4) is 0 Å². The smallest absolute Gasteiger partial charge is 0.314 e. The van der Waals surface area contributed by atoms with Crippen LogP contribution in [0.2, 0.25) is 18.1 Å². The Hall–Kier alpha value is -4.44. The molecule has 0 saturated heterocycles. The zero-order valence-corrected chi connectivity index (χ0v) is 32.2. The number of carbonyl (C=O) groups is 2. The van der Waals surface area contributed by atoms with Crippen molar-refractivity contribution < 1.29 is 33.0 Å². The van der Waals surface area contributed by atoms with E-state index in [4.69, 9.17) is 23.4 Å². The third kappa shape index (κ3) is 7.91. The summed E-state index contributed by atoms with van der Waals surface area (Å²) in [6, 6.07) is 30.9. The zero-order valence-electron chi connectivity index (χ0n) is 31.2. The van der Waals surface area contributed by atoms with Crippen molar-refractivity contribution in [1.29, 1.82) is 0 Å². The Morgan fingerprint density at radius 2 is 1.45 bits per heavy atom. The molecule has 0 N–H and O–H groups in total. The first kappa shape index (κ1) is 37.8. The van der Waals surface area contributed by atoms with E-state index in [-0.39, 0.29) is 37.2 Å². The molecule has 4 aromatic carbocycles. The van der Waals surface area contributed by atoms with Gasteiger partial charge in [-0.3, -0.25) is 9.59 Å². The minimum atomic E-state index is -2.22. The molecule has 9 heteroatoms.